The van der Waals surface area contributed by atoms with Gasteiger partial charge in [-0.15, -0.1) is 0 Å². The van der Waals surface area contributed by atoms with Crippen molar-refractivity contribution in [1.29, 1.82) is 0 Å². The van der Waals surface area contributed by atoms with E-state index >= 15 is 0 Å². The fraction of sp³-hybridized carbons (Fsp3) is 1.00. The van der Waals surface area contributed by atoms with Gasteiger partial charge in [-0.05, 0) is 12.8 Å². The number of hydrogen-bond acceptors (Lipinski definition) is 4. The van der Waals surface area contributed by atoms with Gasteiger partial charge in [-0.25, -0.2) is 0 Å². The number of hydrogen-bond donors (Lipinski definition) is 1. The number of rotatable bonds is 28. The normalized spacial score (nSPS) is 11.6. The van der Waals surface area contributed by atoms with Crippen LogP contribution in [-0.2, 0) is 14.3 Å². The first-order chi connectivity index (χ1) is 16.1. The van der Waals surface area contributed by atoms with E-state index < -0.39 is 10.1 Å². The van der Waals surface area contributed by atoms with Crippen LogP contribution in [0.2, 0.25) is 0 Å². The molecule has 0 amide bonds. The Morgan fingerprint density at radius 3 is 1.00 bits per heavy atom. The van der Waals surface area contributed by atoms with Crippen LogP contribution < -0.4 is 6.15 Å². The summed E-state index contributed by atoms with van der Waals surface area (Å²) < 4.78 is 29.1. The molecule has 0 aromatic heterocycles. The van der Waals surface area contributed by atoms with Gasteiger partial charge in [0.25, 0.3) is 10.1 Å². The summed E-state index contributed by atoms with van der Waals surface area (Å²) in [6.07, 6.45) is 32.0. The highest BCUT2D eigenvalue weighted by Gasteiger charge is 2.10. The van der Waals surface area contributed by atoms with Crippen molar-refractivity contribution in [1.82, 2.24) is 6.15 Å². The largest absolute Gasteiger partial charge is 0.344 e. The summed E-state index contributed by atoms with van der Waals surface area (Å²) in [4.78, 5) is 0. The first kappa shape index (κ1) is 36.0. The van der Waals surface area contributed by atoms with Crippen LogP contribution in [0.25, 0.3) is 0 Å². The highest BCUT2D eigenvalue weighted by Crippen LogP contribution is 2.14. The third kappa shape index (κ3) is 29.9. The van der Waals surface area contributed by atoms with Crippen molar-refractivity contribution in [3.05, 3.63) is 0 Å². The SMILES string of the molecule is CCCCCCCCCCCCCCCCCCOS(=O)(=O)CCCCCCCCCCC.N. The van der Waals surface area contributed by atoms with Gasteiger partial charge in [-0.2, -0.15) is 8.42 Å². The third-order valence-electron chi connectivity index (χ3n) is 6.76. The van der Waals surface area contributed by atoms with Crippen LogP contribution in [0, 0.1) is 0 Å². The maximum absolute atomic E-state index is 12.0. The highest BCUT2D eigenvalue weighted by molar-refractivity contribution is 7.86. The molecule has 3 N–H and O–H groups in total. The fourth-order valence-corrected chi connectivity index (χ4v) is 5.53. The second kappa shape index (κ2) is 29.1. The molecule has 208 valence electrons. The average molecular weight is 506 g/mol. The van der Waals surface area contributed by atoms with E-state index in [0.29, 0.717) is 6.61 Å². The Hall–Kier alpha value is -0.130. The van der Waals surface area contributed by atoms with Crippen molar-refractivity contribution >= 4 is 10.1 Å². The second-order valence-corrected chi connectivity index (χ2v) is 12.0. The molecule has 0 saturated carbocycles. The molecular weight excluding hydrogens is 442 g/mol. The van der Waals surface area contributed by atoms with Gasteiger partial charge in [-0.3, -0.25) is 4.18 Å². The molecule has 4 nitrogen and oxygen atoms in total. The van der Waals surface area contributed by atoms with Crippen molar-refractivity contribution in [2.45, 2.75) is 174 Å². The summed E-state index contributed by atoms with van der Waals surface area (Å²) >= 11 is 0. The summed E-state index contributed by atoms with van der Waals surface area (Å²) in [6, 6.07) is 0. The molecule has 0 spiro atoms. The van der Waals surface area contributed by atoms with Crippen molar-refractivity contribution in [2.24, 2.45) is 0 Å². The molecule has 0 aromatic rings. The molecule has 34 heavy (non-hydrogen) atoms. The lowest BCUT2D eigenvalue weighted by molar-refractivity contribution is 0.305. The van der Waals surface area contributed by atoms with Crippen LogP contribution in [0.3, 0.4) is 0 Å². The topological polar surface area (TPSA) is 78.4 Å². The quantitative estimate of drug-likeness (QED) is 0.0847. The molecule has 0 fully saturated rings. The summed E-state index contributed by atoms with van der Waals surface area (Å²) in [5.74, 6) is 0.196. The van der Waals surface area contributed by atoms with Crippen LogP contribution in [0.15, 0.2) is 0 Å². The Labute approximate surface area is 215 Å². The highest BCUT2D eigenvalue weighted by atomic mass is 32.2. The molecule has 0 bridgehead atoms. The summed E-state index contributed by atoms with van der Waals surface area (Å²) in [6.45, 7) is 4.89. The van der Waals surface area contributed by atoms with E-state index in [-0.39, 0.29) is 11.9 Å². The molecule has 0 heterocycles. The summed E-state index contributed by atoms with van der Waals surface area (Å²) in [7, 11) is -3.31. The zero-order chi connectivity index (χ0) is 24.3. The number of unbranched alkanes of at least 4 members (excludes halogenated alkanes) is 23. The molecule has 0 aromatic carbocycles. The molecule has 0 atom stereocenters. The smallest absolute Gasteiger partial charge is 0.267 e. The predicted molar refractivity (Wildman–Crippen MR) is 152 cm³/mol. The zero-order valence-electron chi connectivity index (χ0n) is 23.4. The molecule has 0 saturated heterocycles. The molecule has 0 rings (SSSR count). The Bertz CT molecular complexity index is 468. The molecule has 0 aliphatic rings. The van der Waals surface area contributed by atoms with Gasteiger partial charge < -0.3 is 6.15 Å². The van der Waals surface area contributed by atoms with Crippen molar-refractivity contribution in [3.8, 4) is 0 Å². The second-order valence-electron chi connectivity index (χ2n) is 10.2. The lowest BCUT2D eigenvalue weighted by Crippen LogP contribution is -2.11. The molecular formula is C29H63NO3S. The molecule has 5 heteroatoms. The first-order valence-corrected chi connectivity index (χ1v) is 16.6. The van der Waals surface area contributed by atoms with E-state index in [1.54, 1.807) is 0 Å². The van der Waals surface area contributed by atoms with Gasteiger partial charge in [0.05, 0.1) is 12.4 Å². The molecule has 0 unspecified atom stereocenters. The van der Waals surface area contributed by atoms with E-state index in [1.165, 1.54) is 128 Å². The fourth-order valence-electron chi connectivity index (χ4n) is 4.48. The van der Waals surface area contributed by atoms with Gasteiger partial charge in [-0.1, -0.05) is 162 Å². The molecule has 0 radical (unpaired) electrons. The van der Waals surface area contributed by atoms with E-state index in [9.17, 15) is 8.42 Å². The lowest BCUT2D eigenvalue weighted by atomic mass is 10.0. The summed E-state index contributed by atoms with van der Waals surface area (Å²) in [5, 5.41) is 0. The van der Waals surface area contributed by atoms with Crippen molar-refractivity contribution in [2.75, 3.05) is 12.4 Å². The molecule has 0 aliphatic heterocycles. The van der Waals surface area contributed by atoms with Crippen molar-refractivity contribution < 1.29 is 12.6 Å². The van der Waals surface area contributed by atoms with Gasteiger partial charge in [0.15, 0.2) is 0 Å². The van der Waals surface area contributed by atoms with E-state index in [2.05, 4.69) is 13.8 Å². The van der Waals surface area contributed by atoms with Crippen LogP contribution in [-0.4, -0.2) is 20.8 Å². The van der Waals surface area contributed by atoms with Crippen LogP contribution in [0.1, 0.15) is 174 Å². The predicted octanol–water partition coefficient (Wildman–Crippen LogP) is 10.3. The lowest BCUT2D eigenvalue weighted by Gasteiger charge is -2.06. The van der Waals surface area contributed by atoms with Gasteiger partial charge in [0, 0.05) is 0 Å². The monoisotopic (exact) mass is 505 g/mol. The minimum Gasteiger partial charge on any atom is -0.344 e. The Balaban J connectivity index is 0. The first-order valence-electron chi connectivity index (χ1n) is 15.0. The standard InChI is InChI=1S/C29H60O3S.H3N/c1-3-5-7-9-11-13-14-15-16-17-18-19-20-22-24-26-28-32-33(30,31)29-27-25-23-21-12-10-8-6-4-2;/h3-29H2,1-2H3;1H3. The minimum absolute atomic E-state index is 0. The zero-order valence-corrected chi connectivity index (χ0v) is 24.2. The van der Waals surface area contributed by atoms with Crippen molar-refractivity contribution in [3.63, 3.8) is 0 Å². The summed E-state index contributed by atoms with van der Waals surface area (Å²) in [5.41, 5.74) is 0. The maximum Gasteiger partial charge on any atom is 0.267 e. The van der Waals surface area contributed by atoms with Crippen LogP contribution in [0.4, 0.5) is 0 Å². The third-order valence-corrected chi connectivity index (χ3v) is 8.07. The minimum atomic E-state index is -3.31. The maximum atomic E-state index is 12.0. The Morgan fingerprint density at radius 1 is 0.412 bits per heavy atom. The van der Waals surface area contributed by atoms with E-state index in [4.69, 9.17) is 4.18 Å². The van der Waals surface area contributed by atoms with Crippen LogP contribution in [0.5, 0.6) is 0 Å². The van der Waals surface area contributed by atoms with Crippen LogP contribution >= 0.6 is 0 Å². The van der Waals surface area contributed by atoms with Gasteiger partial charge >= 0.3 is 0 Å². The Kier molecular flexibility index (Phi) is 30.8. The molecule has 0 aliphatic carbocycles. The van der Waals surface area contributed by atoms with E-state index in [1.807, 2.05) is 0 Å². The van der Waals surface area contributed by atoms with Gasteiger partial charge in [0.2, 0.25) is 0 Å². The Morgan fingerprint density at radius 2 is 0.676 bits per heavy atom. The average Bonchev–Trinajstić information content (AvgIpc) is 2.80. The van der Waals surface area contributed by atoms with E-state index in [0.717, 1.165) is 32.1 Å². The van der Waals surface area contributed by atoms with Gasteiger partial charge in [0.1, 0.15) is 0 Å².